The minimum atomic E-state index is -3.55. The van der Waals surface area contributed by atoms with Crippen LogP contribution in [-0.2, 0) is 32.6 Å². The van der Waals surface area contributed by atoms with E-state index in [2.05, 4.69) is 17.2 Å². The summed E-state index contributed by atoms with van der Waals surface area (Å²) in [6, 6.07) is 13.6. The highest BCUT2D eigenvalue weighted by molar-refractivity contribution is 7.89. The number of anilines is 1. The zero-order valence-electron chi connectivity index (χ0n) is 16.6. The van der Waals surface area contributed by atoms with Crippen molar-refractivity contribution in [2.45, 2.75) is 30.7 Å². The maximum absolute atomic E-state index is 12.7. The van der Waals surface area contributed by atoms with Crippen molar-refractivity contribution < 1.29 is 18.0 Å². The molecule has 0 aromatic heterocycles. The van der Waals surface area contributed by atoms with Crippen LogP contribution in [0.3, 0.4) is 0 Å². The predicted molar refractivity (Wildman–Crippen MR) is 115 cm³/mol. The molecule has 158 valence electrons. The monoisotopic (exact) mass is 427 g/mol. The van der Waals surface area contributed by atoms with Gasteiger partial charge in [0.2, 0.25) is 21.8 Å². The number of carbonyl (C=O) groups excluding carboxylic acids is 2. The average Bonchev–Trinajstić information content (AvgIpc) is 3.29. The van der Waals surface area contributed by atoms with E-state index in [0.29, 0.717) is 18.8 Å². The Morgan fingerprint density at radius 3 is 2.43 bits per heavy atom. The van der Waals surface area contributed by atoms with Crippen LogP contribution in [0, 0.1) is 0 Å². The zero-order valence-corrected chi connectivity index (χ0v) is 17.5. The van der Waals surface area contributed by atoms with Crippen LogP contribution in [0.25, 0.3) is 0 Å². The minimum absolute atomic E-state index is 0.100. The fourth-order valence-corrected chi connectivity index (χ4v) is 4.91. The molecule has 0 unspecified atom stereocenters. The summed E-state index contributed by atoms with van der Waals surface area (Å²) in [6.45, 7) is 4.76. The van der Waals surface area contributed by atoms with Crippen molar-refractivity contribution in [1.29, 1.82) is 0 Å². The van der Waals surface area contributed by atoms with Crippen molar-refractivity contribution >= 4 is 27.5 Å². The van der Waals surface area contributed by atoms with Gasteiger partial charge in [-0.1, -0.05) is 36.9 Å². The molecule has 0 spiro atoms. The van der Waals surface area contributed by atoms with Crippen molar-refractivity contribution in [1.82, 2.24) is 9.62 Å². The molecule has 3 rings (SSSR count). The van der Waals surface area contributed by atoms with Crippen molar-refractivity contribution in [3.63, 3.8) is 0 Å². The van der Waals surface area contributed by atoms with Gasteiger partial charge < -0.3 is 10.6 Å². The Bertz CT molecular complexity index is 1040. The molecule has 1 aliphatic heterocycles. The molecule has 0 radical (unpaired) electrons. The number of nitrogens with one attached hydrogen (secondary N) is 2. The highest BCUT2D eigenvalue weighted by Gasteiger charge is 2.27. The Labute approximate surface area is 176 Å². The number of hydrogen-bond donors (Lipinski definition) is 2. The van der Waals surface area contributed by atoms with Crippen LogP contribution < -0.4 is 10.6 Å². The topological polar surface area (TPSA) is 95.6 Å². The summed E-state index contributed by atoms with van der Waals surface area (Å²) in [4.78, 5) is 24.2. The summed E-state index contributed by atoms with van der Waals surface area (Å²) in [5.41, 5.74) is 2.03. The van der Waals surface area contributed by atoms with E-state index in [1.807, 2.05) is 24.3 Å². The van der Waals surface area contributed by atoms with E-state index < -0.39 is 10.0 Å². The number of nitrogens with zero attached hydrogens (tertiary/aromatic N) is 1. The van der Waals surface area contributed by atoms with Crippen LogP contribution in [0.4, 0.5) is 5.69 Å². The van der Waals surface area contributed by atoms with Gasteiger partial charge in [-0.05, 0) is 48.2 Å². The lowest BCUT2D eigenvalue weighted by Crippen LogP contribution is -2.28. The summed E-state index contributed by atoms with van der Waals surface area (Å²) >= 11 is 0. The van der Waals surface area contributed by atoms with E-state index in [0.717, 1.165) is 24.0 Å². The van der Waals surface area contributed by atoms with Gasteiger partial charge in [0.05, 0.1) is 11.3 Å². The second-order valence-electron chi connectivity index (χ2n) is 7.05. The molecule has 0 saturated carbocycles. The molecule has 8 heteroatoms. The third-order valence-corrected chi connectivity index (χ3v) is 6.82. The van der Waals surface area contributed by atoms with Crippen molar-refractivity contribution in [2.24, 2.45) is 0 Å². The van der Waals surface area contributed by atoms with Crippen LogP contribution >= 0.6 is 0 Å². The predicted octanol–water partition coefficient (Wildman–Crippen LogP) is 2.45. The fraction of sp³-hybridized carbons (Fsp3) is 0.273. The molecule has 7 nitrogen and oxygen atoms in total. The molecule has 1 aliphatic rings. The number of amides is 2. The lowest BCUT2D eigenvalue weighted by Gasteiger charge is -2.16. The van der Waals surface area contributed by atoms with Gasteiger partial charge in [-0.2, -0.15) is 4.31 Å². The van der Waals surface area contributed by atoms with Crippen LogP contribution in [0.15, 0.2) is 66.1 Å². The molecule has 0 bridgehead atoms. The smallest absolute Gasteiger partial charge is 0.243 e. The molecule has 1 heterocycles. The molecule has 2 amide bonds. The Kier molecular flexibility index (Phi) is 7.02. The van der Waals surface area contributed by atoms with Gasteiger partial charge in [-0.15, -0.1) is 0 Å². The van der Waals surface area contributed by atoms with Crippen LogP contribution in [-0.4, -0.2) is 37.6 Å². The first-order valence-electron chi connectivity index (χ1n) is 9.77. The Morgan fingerprint density at radius 1 is 1.03 bits per heavy atom. The highest BCUT2D eigenvalue weighted by atomic mass is 32.2. The quantitative estimate of drug-likeness (QED) is 0.633. The SMILES string of the molecule is C=CC(=O)NCc1ccccc1CC(=O)Nc1cccc(S(=O)(=O)N2CCCC2)c1. The zero-order chi connectivity index (χ0) is 21.6. The van der Waals surface area contributed by atoms with Gasteiger partial charge in [-0.25, -0.2) is 8.42 Å². The number of rotatable bonds is 8. The Morgan fingerprint density at radius 2 is 1.73 bits per heavy atom. The molecule has 0 atom stereocenters. The molecule has 1 fully saturated rings. The van der Waals surface area contributed by atoms with E-state index in [1.54, 1.807) is 18.2 Å². The second-order valence-corrected chi connectivity index (χ2v) is 8.99. The van der Waals surface area contributed by atoms with E-state index >= 15 is 0 Å². The molecule has 2 aromatic carbocycles. The van der Waals surface area contributed by atoms with E-state index in [-0.39, 0.29) is 29.7 Å². The standard InChI is InChI=1S/C22H25N3O4S/c1-2-21(26)23-16-18-9-4-3-8-17(18)14-22(27)24-19-10-7-11-20(15-19)30(28,29)25-12-5-6-13-25/h2-4,7-11,15H,1,5-6,12-14,16H2,(H,23,26)(H,24,27). The van der Waals surface area contributed by atoms with E-state index in [1.165, 1.54) is 16.4 Å². The van der Waals surface area contributed by atoms with E-state index in [4.69, 9.17) is 0 Å². The lowest BCUT2D eigenvalue weighted by molar-refractivity contribution is -0.116. The first-order valence-corrected chi connectivity index (χ1v) is 11.2. The van der Waals surface area contributed by atoms with Crippen molar-refractivity contribution in [2.75, 3.05) is 18.4 Å². The lowest BCUT2D eigenvalue weighted by atomic mass is 10.0. The minimum Gasteiger partial charge on any atom is -0.348 e. The normalized spacial score (nSPS) is 14.3. The molecular formula is C22H25N3O4S. The summed E-state index contributed by atoms with van der Waals surface area (Å²) in [5.74, 6) is -0.557. The third-order valence-electron chi connectivity index (χ3n) is 4.93. The first kappa shape index (κ1) is 21.7. The van der Waals surface area contributed by atoms with Gasteiger partial charge in [-0.3, -0.25) is 9.59 Å². The third kappa shape index (κ3) is 5.34. The second kappa shape index (κ2) is 9.69. The van der Waals surface area contributed by atoms with Gasteiger partial charge in [0.15, 0.2) is 0 Å². The largest absolute Gasteiger partial charge is 0.348 e. The highest BCUT2D eigenvalue weighted by Crippen LogP contribution is 2.23. The molecule has 1 saturated heterocycles. The number of hydrogen-bond acceptors (Lipinski definition) is 4. The number of sulfonamides is 1. The van der Waals surface area contributed by atoms with Gasteiger partial charge in [0, 0.05) is 25.3 Å². The molecular weight excluding hydrogens is 402 g/mol. The molecule has 2 N–H and O–H groups in total. The van der Waals surface area contributed by atoms with Crippen LogP contribution in [0.1, 0.15) is 24.0 Å². The summed E-state index contributed by atoms with van der Waals surface area (Å²) in [5, 5.41) is 5.47. The summed E-state index contributed by atoms with van der Waals surface area (Å²) in [7, 11) is -3.55. The van der Waals surface area contributed by atoms with Crippen molar-refractivity contribution in [3.05, 3.63) is 72.3 Å². The Balaban J connectivity index is 1.69. The van der Waals surface area contributed by atoms with Gasteiger partial charge >= 0.3 is 0 Å². The fourth-order valence-electron chi connectivity index (χ4n) is 3.35. The molecule has 30 heavy (non-hydrogen) atoms. The number of carbonyl (C=O) groups is 2. The molecule has 2 aromatic rings. The Hall–Kier alpha value is -2.97. The van der Waals surface area contributed by atoms with Crippen LogP contribution in [0.2, 0.25) is 0 Å². The average molecular weight is 428 g/mol. The van der Waals surface area contributed by atoms with Gasteiger partial charge in [0.1, 0.15) is 0 Å². The van der Waals surface area contributed by atoms with Crippen molar-refractivity contribution in [3.8, 4) is 0 Å². The van der Waals surface area contributed by atoms with Gasteiger partial charge in [0.25, 0.3) is 0 Å². The molecule has 0 aliphatic carbocycles. The summed E-state index contributed by atoms with van der Waals surface area (Å²) in [6.07, 6.45) is 3.02. The maximum atomic E-state index is 12.7. The number of benzene rings is 2. The first-order chi connectivity index (χ1) is 14.4. The maximum Gasteiger partial charge on any atom is 0.243 e. The van der Waals surface area contributed by atoms with Crippen LogP contribution in [0.5, 0.6) is 0 Å². The summed E-state index contributed by atoms with van der Waals surface area (Å²) < 4.78 is 26.9. The van der Waals surface area contributed by atoms with E-state index in [9.17, 15) is 18.0 Å².